The van der Waals surface area contributed by atoms with E-state index in [1.807, 2.05) is 48.5 Å². The van der Waals surface area contributed by atoms with E-state index in [1.165, 1.54) is 5.56 Å². The van der Waals surface area contributed by atoms with Crippen molar-refractivity contribution < 1.29 is 4.79 Å². The van der Waals surface area contributed by atoms with Gasteiger partial charge in [-0.3, -0.25) is 4.79 Å². The van der Waals surface area contributed by atoms with Crippen molar-refractivity contribution in [1.82, 2.24) is 0 Å². The monoisotopic (exact) mass is 414 g/mol. The van der Waals surface area contributed by atoms with E-state index in [0.29, 0.717) is 6.42 Å². The van der Waals surface area contributed by atoms with Gasteiger partial charge in [0.2, 0.25) is 0 Å². The van der Waals surface area contributed by atoms with E-state index < -0.39 is 0 Å². The quantitative estimate of drug-likeness (QED) is 0.494. The maximum Gasteiger partial charge on any atom is 0.163 e. The van der Waals surface area contributed by atoms with Crippen LogP contribution in [0.1, 0.15) is 41.5 Å². The predicted octanol–water partition coefficient (Wildman–Crippen LogP) is 6.63. The zero-order valence-corrected chi connectivity index (χ0v) is 17.5. The third-order valence-electron chi connectivity index (χ3n) is 6.15. The SMILES string of the molecule is Cc1ccccc1C1Nc2ccccc2NC2=C1C(=O)CC(c1ccccc1Cl)C2. The Balaban J connectivity index is 1.64. The molecule has 1 aliphatic carbocycles. The molecular weight excluding hydrogens is 392 g/mol. The van der Waals surface area contributed by atoms with E-state index in [-0.39, 0.29) is 17.7 Å². The molecule has 0 spiro atoms. The number of fused-ring (bicyclic) bond motifs is 1. The molecule has 0 bridgehead atoms. The summed E-state index contributed by atoms with van der Waals surface area (Å²) in [7, 11) is 0. The summed E-state index contributed by atoms with van der Waals surface area (Å²) in [5.74, 6) is 0.238. The smallest absolute Gasteiger partial charge is 0.163 e. The number of carbonyl (C=O) groups excluding carboxylic acids is 1. The zero-order chi connectivity index (χ0) is 20.7. The number of hydrogen-bond donors (Lipinski definition) is 2. The number of anilines is 2. The van der Waals surface area contributed by atoms with Crippen molar-refractivity contribution in [3.05, 3.63) is 106 Å². The third kappa shape index (κ3) is 3.29. The van der Waals surface area contributed by atoms with Gasteiger partial charge in [-0.15, -0.1) is 0 Å². The van der Waals surface area contributed by atoms with E-state index in [0.717, 1.165) is 45.2 Å². The van der Waals surface area contributed by atoms with Gasteiger partial charge >= 0.3 is 0 Å². The molecule has 4 heteroatoms. The van der Waals surface area contributed by atoms with E-state index >= 15 is 0 Å². The Morgan fingerprint density at radius 2 is 1.50 bits per heavy atom. The molecule has 1 heterocycles. The second-order valence-corrected chi connectivity index (χ2v) is 8.45. The molecule has 2 aliphatic rings. The third-order valence-corrected chi connectivity index (χ3v) is 6.50. The molecule has 0 radical (unpaired) electrons. The number of para-hydroxylation sites is 2. The molecule has 0 saturated carbocycles. The molecule has 2 N–H and O–H groups in total. The van der Waals surface area contributed by atoms with Crippen molar-refractivity contribution in [2.45, 2.75) is 31.7 Å². The lowest BCUT2D eigenvalue weighted by atomic mass is 9.78. The summed E-state index contributed by atoms with van der Waals surface area (Å²) in [4.78, 5) is 13.5. The van der Waals surface area contributed by atoms with Crippen LogP contribution in [-0.4, -0.2) is 5.78 Å². The van der Waals surface area contributed by atoms with Gasteiger partial charge in [0.25, 0.3) is 0 Å². The number of Topliss-reactive ketones (excluding diaryl/α,β-unsaturated/α-hetero) is 1. The first-order valence-electron chi connectivity index (χ1n) is 10.3. The van der Waals surface area contributed by atoms with Crippen LogP contribution in [0.4, 0.5) is 11.4 Å². The Kier molecular flexibility index (Phi) is 4.84. The summed E-state index contributed by atoms with van der Waals surface area (Å²) in [6, 6.07) is 24.1. The summed E-state index contributed by atoms with van der Waals surface area (Å²) < 4.78 is 0. The lowest BCUT2D eigenvalue weighted by Crippen LogP contribution is -2.27. The Labute approximate surface area is 181 Å². The van der Waals surface area contributed by atoms with Crippen molar-refractivity contribution in [3.63, 3.8) is 0 Å². The van der Waals surface area contributed by atoms with Gasteiger partial charge in [0, 0.05) is 22.7 Å². The van der Waals surface area contributed by atoms with Crippen LogP contribution in [0.2, 0.25) is 5.02 Å². The summed E-state index contributed by atoms with van der Waals surface area (Å²) in [6.07, 6.45) is 1.22. The van der Waals surface area contributed by atoms with Gasteiger partial charge in [-0.25, -0.2) is 0 Å². The van der Waals surface area contributed by atoms with Crippen molar-refractivity contribution in [2.24, 2.45) is 0 Å². The first kappa shape index (κ1) is 19.0. The second-order valence-electron chi connectivity index (χ2n) is 8.05. The van der Waals surface area contributed by atoms with Crippen LogP contribution in [0.5, 0.6) is 0 Å². The summed E-state index contributed by atoms with van der Waals surface area (Å²) in [5.41, 5.74) is 7.16. The maximum atomic E-state index is 13.5. The van der Waals surface area contributed by atoms with Gasteiger partial charge < -0.3 is 10.6 Å². The van der Waals surface area contributed by atoms with Gasteiger partial charge in [0.1, 0.15) is 0 Å². The van der Waals surface area contributed by atoms with Crippen LogP contribution in [-0.2, 0) is 4.79 Å². The topological polar surface area (TPSA) is 41.1 Å². The summed E-state index contributed by atoms with van der Waals surface area (Å²) >= 11 is 6.48. The first-order valence-corrected chi connectivity index (χ1v) is 10.7. The minimum atomic E-state index is -0.183. The highest BCUT2D eigenvalue weighted by Crippen LogP contribution is 2.45. The van der Waals surface area contributed by atoms with Crippen molar-refractivity contribution in [1.29, 1.82) is 0 Å². The molecule has 0 aromatic heterocycles. The maximum absolute atomic E-state index is 13.5. The molecule has 30 heavy (non-hydrogen) atoms. The molecular formula is C26H23ClN2O. The largest absolute Gasteiger partial charge is 0.372 e. The minimum absolute atomic E-state index is 0.0697. The predicted molar refractivity (Wildman–Crippen MR) is 123 cm³/mol. The van der Waals surface area contributed by atoms with Crippen LogP contribution in [0.15, 0.2) is 84.1 Å². The van der Waals surface area contributed by atoms with Gasteiger partial charge in [-0.2, -0.15) is 0 Å². The highest BCUT2D eigenvalue weighted by molar-refractivity contribution is 6.31. The molecule has 0 amide bonds. The molecule has 1 aliphatic heterocycles. The van der Waals surface area contributed by atoms with Crippen molar-refractivity contribution in [3.8, 4) is 0 Å². The Morgan fingerprint density at radius 3 is 2.27 bits per heavy atom. The fourth-order valence-corrected chi connectivity index (χ4v) is 4.95. The van der Waals surface area contributed by atoms with Gasteiger partial charge in [-0.05, 0) is 54.2 Å². The van der Waals surface area contributed by atoms with Crippen LogP contribution >= 0.6 is 11.6 Å². The molecule has 3 aromatic carbocycles. The number of allylic oxidation sites excluding steroid dienone is 1. The van der Waals surface area contributed by atoms with Crippen molar-refractivity contribution in [2.75, 3.05) is 10.6 Å². The van der Waals surface area contributed by atoms with E-state index in [2.05, 4.69) is 41.8 Å². The first-order chi connectivity index (χ1) is 14.6. The van der Waals surface area contributed by atoms with E-state index in [4.69, 9.17) is 11.6 Å². The molecule has 150 valence electrons. The second kappa shape index (κ2) is 7.66. The summed E-state index contributed by atoms with van der Waals surface area (Å²) in [5, 5.41) is 7.95. The minimum Gasteiger partial charge on any atom is -0.372 e. The number of benzene rings is 3. The lowest BCUT2D eigenvalue weighted by molar-refractivity contribution is -0.116. The molecule has 2 atom stereocenters. The number of rotatable bonds is 2. The molecule has 3 nitrogen and oxygen atoms in total. The number of ketones is 1. The fraction of sp³-hybridized carbons (Fsp3) is 0.192. The van der Waals surface area contributed by atoms with E-state index in [9.17, 15) is 4.79 Å². The van der Waals surface area contributed by atoms with Crippen molar-refractivity contribution >= 4 is 28.8 Å². The van der Waals surface area contributed by atoms with Gasteiger partial charge in [-0.1, -0.05) is 66.2 Å². The molecule has 0 fully saturated rings. The number of aryl methyl sites for hydroxylation is 1. The Hall–Kier alpha value is -3.04. The number of halogens is 1. The Bertz CT molecular complexity index is 1170. The highest BCUT2D eigenvalue weighted by atomic mass is 35.5. The highest BCUT2D eigenvalue weighted by Gasteiger charge is 2.36. The molecule has 2 unspecified atom stereocenters. The number of hydrogen-bond acceptors (Lipinski definition) is 3. The number of nitrogens with one attached hydrogen (secondary N) is 2. The number of carbonyl (C=O) groups is 1. The van der Waals surface area contributed by atoms with Crippen LogP contribution < -0.4 is 10.6 Å². The molecule has 5 rings (SSSR count). The van der Waals surface area contributed by atoms with Crippen LogP contribution in [0.3, 0.4) is 0 Å². The van der Waals surface area contributed by atoms with Gasteiger partial charge in [0.05, 0.1) is 17.4 Å². The fourth-order valence-electron chi connectivity index (χ4n) is 4.66. The average molecular weight is 415 g/mol. The average Bonchev–Trinajstić information content (AvgIpc) is 2.91. The lowest BCUT2D eigenvalue weighted by Gasteiger charge is -2.30. The molecule has 3 aromatic rings. The van der Waals surface area contributed by atoms with Crippen LogP contribution in [0, 0.1) is 6.92 Å². The zero-order valence-electron chi connectivity index (χ0n) is 16.8. The van der Waals surface area contributed by atoms with E-state index in [1.54, 1.807) is 0 Å². The molecule has 0 saturated heterocycles. The summed E-state index contributed by atoms with van der Waals surface area (Å²) in [6.45, 7) is 2.10. The Morgan fingerprint density at radius 1 is 0.833 bits per heavy atom. The standard InChI is InChI=1S/C26H23ClN2O/c1-16-8-2-3-9-18(16)26-25-23(28-21-12-6-7-13-22(21)29-26)14-17(15-24(25)30)19-10-4-5-11-20(19)27/h2-13,17,26,28-29H,14-15H2,1H3. The normalized spacial score (nSPS) is 20.5. The van der Waals surface area contributed by atoms with Crippen LogP contribution in [0.25, 0.3) is 0 Å². The van der Waals surface area contributed by atoms with Gasteiger partial charge in [0.15, 0.2) is 5.78 Å².